The lowest BCUT2D eigenvalue weighted by molar-refractivity contribution is -0.401. The number of hydrogen-bond donors (Lipinski definition) is 1. The maximum Gasteiger partial charge on any atom is 0.433 e. The topological polar surface area (TPSA) is 117 Å². The number of amides is 1. The summed E-state index contributed by atoms with van der Waals surface area (Å²) in [7, 11) is 0. The summed E-state index contributed by atoms with van der Waals surface area (Å²) in [6, 6.07) is 6.53. The van der Waals surface area contributed by atoms with Gasteiger partial charge in [-0.2, -0.15) is 18.3 Å². The van der Waals surface area contributed by atoms with Gasteiger partial charge >= 0.3 is 12.1 Å². The number of primary amides is 1. The van der Waals surface area contributed by atoms with Crippen molar-refractivity contribution in [3.8, 4) is 17.1 Å². The minimum atomic E-state index is -4.56. The molecule has 26 heavy (non-hydrogen) atoms. The van der Waals surface area contributed by atoms with Gasteiger partial charge in [0, 0.05) is 6.20 Å². The van der Waals surface area contributed by atoms with E-state index in [0.717, 1.165) is 29.1 Å². The van der Waals surface area contributed by atoms with Crippen LogP contribution < -0.4 is 5.73 Å². The van der Waals surface area contributed by atoms with Gasteiger partial charge in [-0.1, -0.05) is 6.07 Å². The van der Waals surface area contributed by atoms with Crippen LogP contribution in [0.25, 0.3) is 17.1 Å². The Kier molecular flexibility index (Phi) is 3.98. The number of nitrogens with zero attached hydrogens (tertiary/aromatic N) is 3. The van der Waals surface area contributed by atoms with Crippen LogP contribution in [0.5, 0.6) is 0 Å². The van der Waals surface area contributed by atoms with E-state index in [1.807, 2.05) is 0 Å². The smallest absolute Gasteiger partial charge is 0.399 e. The fourth-order valence-corrected chi connectivity index (χ4v) is 2.25. The Hall–Kier alpha value is -3.63. The van der Waals surface area contributed by atoms with Crippen molar-refractivity contribution in [1.29, 1.82) is 0 Å². The lowest BCUT2D eigenvalue weighted by Crippen LogP contribution is -2.11. The Balaban J connectivity index is 2.11. The molecule has 0 bridgehead atoms. The molecule has 3 rings (SSSR count). The van der Waals surface area contributed by atoms with Crippen LogP contribution in [-0.4, -0.2) is 20.6 Å². The highest BCUT2D eigenvalue weighted by Gasteiger charge is 2.31. The van der Waals surface area contributed by atoms with Crippen LogP contribution in [0.3, 0.4) is 0 Å². The van der Waals surface area contributed by atoms with Crippen molar-refractivity contribution in [3.63, 3.8) is 0 Å². The van der Waals surface area contributed by atoms with Crippen molar-refractivity contribution in [2.75, 3.05) is 0 Å². The number of furan rings is 1. The van der Waals surface area contributed by atoms with E-state index in [2.05, 4.69) is 5.10 Å². The molecule has 3 aromatic rings. The maximum absolute atomic E-state index is 12.9. The van der Waals surface area contributed by atoms with E-state index < -0.39 is 28.5 Å². The Morgan fingerprint density at radius 1 is 1.27 bits per heavy atom. The lowest BCUT2D eigenvalue weighted by atomic mass is 10.2. The van der Waals surface area contributed by atoms with Gasteiger partial charge in [0.2, 0.25) is 0 Å². The average Bonchev–Trinajstić information content (AvgIpc) is 3.21. The summed E-state index contributed by atoms with van der Waals surface area (Å²) in [4.78, 5) is 21.5. The number of hydrogen-bond acceptors (Lipinski definition) is 5. The highest BCUT2D eigenvalue weighted by atomic mass is 19.4. The van der Waals surface area contributed by atoms with Crippen LogP contribution in [0.2, 0.25) is 0 Å². The second kappa shape index (κ2) is 6.02. The van der Waals surface area contributed by atoms with Gasteiger partial charge in [0.15, 0.2) is 5.76 Å². The van der Waals surface area contributed by atoms with E-state index in [-0.39, 0.29) is 22.7 Å². The zero-order valence-electron chi connectivity index (χ0n) is 12.7. The fraction of sp³-hybridized carbons (Fsp3) is 0.0667. The van der Waals surface area contributed by atoms with E-state index in [0.29, 0.717) is 0 Å². The number of benzene rings is 1. The molecule has 2 N–H and O–H groups in total. The molecular weight excluding hydrogens is 357 g/mol. The molecule has 0 spiro atoms. The molecule has 0 saturated heterocycles. The molecule has 2 heterocycles. The molecule has 11 heteroatoms. The first-order valence-corrected chi connectivity index (χ1v) is 6.98. The monoisotopic (exact) mass is 366 g/mol. The zero-order valence-corrected chi connectivity index (χ0v) is 12.7. The third-order valence-electron chi connectivity index (χ3n) is 3.42. The van der Waals surface area contributed by atoms with E-state index in [9.17, 15) is 28.1 Å². The van der Waals surface area contributed by atoms with E-state index in [4.69, 9.17) is 10.2 Å². The predicted molar refractivity (Wildman–Crippen MR) is 81.4 cm³/mol. The van der Waals surface area contributed by atoms with Crippen LogP contribution in [0, 0.1) is 10.1 Å². The van der Waals surface area contributed by atoms with Crippen molar-refractivity contribution in [2.45, 2.75) is 6.18 Å². The molecule has 0 aliphatic rings. The SMILES string of the molecule is NC(=O)c1cn(-c2cccc(C(F)(F)F)c2)nc1-c1ccc([N+](=O)[O-])o1. The summed E-state index contributed by atoms with van der Waals surface area (Å²) in [5.41, 5.74) is 4.10. The zero-order chi connectivity index (χ0) is 19.1. The van der Waals surface area contributed by atoms with Crippen molar-refractivity contribution in [3.05, 3.63) is 63.8 Å². The number of halogens is 3. The van der Waals surface area contributed by atoms with Gasteiger partial charge < -0.3 is 10.2 Å². The molecule has 0 unspecified atom stereocenters. The van der Waals surface area contributed by atoms with E-state index >= 15 is 0 Å². The quantitative estimate of drug-likeness (QED) is 0.562. The second-order valence-corrected chi connectivity index (χ2v) is 5.14. The first-order chi connectivity index (χ1) is 12.2. The van der Waals surface area contributed by atoms with Gasteiger partial charge in [0.05, 0.1) is 22.9 Å². The summed E-state index contributed by atoms with van der Waals surface area (Å²) < 4.78 is 44.6. The van der Waals surface area contributed by atoms with E-state index in [1.165, 1.54) is 18.2 Å². The second-order valence-electron chi connectivity index (χ2n) is 5.14. The van der Waals surface area contributed by atoms with Crippen LogP contribution in [0.15, 0.2) is 47.0 Å². The number of alkyl halides is 3. The van der Waals surface area contributed by atoms with Crippen LogP contribution in [0.1, 0.15) is 15.9 Å². The molecule has 0 radical (unpaired) electrons. The molecule has 0 aliphatic heterocycles. The molecule has 1 aromatic carbocycles. The molecule has 0 aliphatic carbocycles. The van der Waals surface area contributed by atoms with Crippen LogP contribution in [0.4, 0.5) is 19.1 Å². The molecule has 0 fully saturated rings. The Morgan fingerprint density at radius 3 is 2.58 bits per heavy atom. The molecule has 134 valence electrons. The Labute approximate surface area is 142 Å². The molecular formula is C15H9F3N4O4. The fourth-order valence-electron chi connectivity index (χ4n) is 2.25. The van der Waals surface area contributed by atoms with Crippen molar-refractivity contribution in [2.24, 2.45) is 5.73 Å². The third kappa shape index (κ3) is 3.14. The van der Waals surface area contributed by atoms with Crippen LogP contribution >= 0.6 is 0 Å². The van der Waals surface area contributed by atoms with Gasteiger partial charge in [0.25, 0.3) is 5.91 Å². The minimum Gasteiger partial charge on any atom is -0.399 e. The molecule has 8 nitrogen and oxygen atoms in total. The van der Waals surface area contributed by atoms with Gasteiger partial charge in [-0.15, -0.1) is 0 Å². The van der Waals surface area contributed by atoms with Crippen molar-refractivity contribution < 1.29 is 27.3 Å². The molecule has 2 aromatic heterocycles. The Morgan fingerprint density at radius 2 is 2.00 bits per heavy atom. The molecule has 0 saturated carbocycles. The summed E-state index contributed by atoms with van der Waals surface area (Å²) in [6.07, 6.45) is -3.43. The van der Waals surface area contributed by atoms with E-state index in [1.54, 1.807) is 0 Å². The Bertz CT molecular complexity index is 1010. The van der Waals surface area contributed by atoms with Gasteiger partial charge in [-0.3, -0.25) is 14.9 Å². The standard InChI is InChI=1S/C15H9F3N4O4/c16-15(17,18)8-2-1-3-9(6-8)21-7-10(14(19)23)13(20-21)11-4-5-12(26-11)22(24)25/h1-7H,(H2,19,23). The summed E-state index contributed by atoms with van der Waals surface area (Å²) in [6.45, 7) is 0. The first kappa shape index (κ1) is 17.2. The largest absolute Gasteiger partial charge is 0.433 e. The van der Waals surface area contributed by atoms with Crippen molar-refractivity contribution >= 4 is 11.8 Å². The summed E-state index contributed by atoms with van der Waals surface area (Å²) in [5, 5.41) is 14.7. The van der Waals surface area contributed by atoms with Gasteiger partial charge in [0.1, 0.15) is 10.6 Å². The number of nitro groups is 1. The minimum absolute atomic E-state index is 0.0228. The third-order valence-corrected chi connectivity index (χ3v) is 3.42. The van der Waals surface area contributed by atoms with Gasteiger partial charge in [-0.05, 0) is 24.3 Å². The maximum atomic E-state index is 12.9. The highest BCUT2D eigenvalue weighted by molar-refractivity contribution is 5.98. The first-order valence-electron chi connectivity index (χ1n) is 6.98. The highest BCUT2D eigenvalue weighted by Crippen LogP contribution is 2.32. The van der Waals surface area contributed by atoms with Crippen molar-refractivity contribution in [1.82, 2.24) is 9.78 Å². The number of carbonyl (C=O) groups is 1. The summed E-state index contributed by atoms with van der Waals surface area (Å²) >= 11 is 0. The predicted octanol–water partition coefficient (Wildman–Crippen LogP) is 3.16. The van der Waals surface area contributed by atoms with Crippen LogP contribution in [-0.2, 0) is 6.18 Å². The number of nitrogens with two attached hydrogens (primary N) is 1. The number of aromatic nitrogens is 2. The average molecular weight is 366 g/mol. The molecule has 0 atom stereocenters. The summed E-state index contributed by atoms with van der Waals surface area (Å²) in [5.74, 6) is -1.61. The number of carbonyl (C=O) groups excluding carboxylic acids is 1. The normalized spacial score (nSPS) is 11.5. The lowest BCUT2D eigenvalue weighted by Gasteiger charge is -2.08. The van der Waals surface area contributed by atoms with Gasteiger partial charge in [-0.25, -0.2) is 4.68 Å². The number of rotatable bonds is 4. The molecule has 1 amide bonds.